The molecule has 2 aromatic rings. The number of para-hydroxylation sites is 1. The standard InChI is InChI=1S/C16H16N2O4/c1-22-16(21)13(18-14(19)6-7-15(18)20)8-10-9-17-12-5-3-2-4-11(10)12/h2-5,9,13,17H,6-8H2,1H3/t13-/m0/s1. The van der Waals surface area contributed by atoms with E-state index in [0.29, 0.717) is 0 Å². The molecule has 0 radical (unpaired) electrons. The number of benzene rings is 1. The van der Waals surface area contributed by atoms with Crippen LogP contribution in [0.15, 0.2) is 30.5 Å². The molecular formula is C16H16N2O4. The maximum atomic E-state index is 12.1. The minimum atomic E-state index is -0.910. The number of hydrogen-bond acceptors (Lipinski definition) is 4. The van der Waals surface area contributed by atoms with Gasteiger partial charge in [-0.3, -0.25) is 14.5 Å². The molecule has 1 fully saturated rings. The van der Waals surface area contributed by atoms with E-state index in [1.54, 1.807) is 6.20 Å². The fraction of sp³-hybridized carbons (Fsp3) is 0.312. The van der Waals surface area contributed by atoms with Gasteiger partial charge in [0.15, 0.2) is 0 Å². The van der Waals surface area contributed by atoms with Gasteiger partial charge in [0.25, 0.3) is 0 Å². The van der Waals surface area contributed by atoms with E-state index in [9.17, 15) is 14.4 Å². The Kier molecular flexibility index (Phi) is 3.66. The lowest BCUT2D eigenvalue weighted by molar-refractivity contribution is -0.156. The van der Waals surface area contributed by atoms with Gasteiger partial charge >= 0.3 is 5.97 Å². The monoisotopic (exact) mass is 300 g/mol. The number of esters is 1. The van der Waals surface area contributed by atoms with Crippen molar-refractivity contribution in [3.05, 3.63) is 36.0 Å². The molecule has 1 aliphatic heterocycles. The van der Waals surface area contributed by atoms with Gasteiger partial charge in [0, 0.05) is 36.4 Å². The molecule has 0 spiro atoms. The van der Waals surface area contributed by atoms with Crippen LogP contribution in [0.3, 0.4) is 0 Å². The number of methoxy groups -OCH3 is 1. The SMILES string of the molecule is COC(=O)[C@H](Cc1c[nH]c2ccccc12)N1C(=O)CCC1=O. The quantitative estimate of drug-likeness (QED) is 0.684. The predicted molar refractivity (Wildman–Crippen MR) is 78.9 cm³/mol. The molecule has 22 heavy (non-hydrogen) atoms. The minimum Gasteiger partial charge on any atom is -0.467 e. The minimum absolute atomic E-state index is 0.153. The number of likely N-dealkylation sites (tertiary alicyclic amines) is 1. The highest BCUT2D eigenvalue weighted by molar-refractivity contribution is 6.05. The third-order valence-corrected chi connectivity index (χ3v) is 3.96. The van der Waals surface area contributed by atoms with Crippen LogP contribution >= 0.6 is 0 Å². The van der Waals surface area contributed by atoms with E-state index < -0.39 is 12.0 Å². The molecule has 0 unspecified atom stereocenters. The summed E-state index contributed by atoms with van der Waals surface area (Å²) in [6, 6.07) is 6.76. The number of fused-ring (bicyclic) bond motifs is 1. The molecule has 1 N–H and O–H groups in total. The van der Waals surface area contributed by atoms with Crippen LogP contribution in [0, 0.1) is 0 Å². The third kappa shape index (κ3) is 2.36. The van der Waals surface area contributed by atoms with Crippen LogP contribution in [0.5, 0.6) is 0 Å². The number of H-pyrrole nitrogens is 1. The number of nitrogens with zero attached hydrogens (tertiary/aromatic N) is 1. The predicted octanol–water partition coefficient (Wildman–Crippen LogP) is 1.40. The zero-order chi connectivity index (χ0) is 15.7. The largest absolute Gasteiger partial charge is 0.467 e. The van der Waals surface area contributed by atoms with Crippen LogP contribution in [-0.2, 0) is 25.5 Å². The highest BCUT2D eigenvalue weighted by Gasteiger charge is 2.39. The first-order valence-corrected chi connectivity index (χ1v) is 7.09. The van der Waals surface area contributed by atoms with Crippen molar-refractivity contribution in [1.82, 2.24) is 9.88 Å². The van der Waals surface area contributed by atoms with Gasteiger partial charge in [-0.1, -0.05) is 18.2 Å². The van der Waals surface area contributed by atoms with Gasteiger partial charge in [-0.15, -0.1) is 0 Å². The molecule has 2 heterocycles. The summed E-state index contributed by atoms with van der Waals surface area (Å²) >= 11 is 0. The molecule has 0 aliphatic carbocycles. The van der Waals surface area contributed by atoms with E-state index in [-0.39, 0.29) is 31.1 Å². The summed E-state index contributed by atoms with van der Waals surface area (Å²) in [7, 11) is 1.26. The van der Waals surface area contributed by atoms with E-state index in [1.807, 2.05) is 24.3 Å². The summed E-state index contributed by atoms with van der Waals surface area (Å²) in [5, 5.41) is 0.968. The highest BCUT2D eigenvalue weighted by Crippen LogP contribution is 2.24. The van der Waals surface area contributed by atoms with Crippen LogP contribution in [-0.4, -0.2) is 40.8 Å². The van der Waals surface area contributed by atoms with E-state index in [1.165, 1.54) is 7.11 Å². The van der Waals surface area contributed by atoms with Crippen molar-refractivity contribution in [2.75, 3.05) is 7.11 Å². The van der Waals surface area contributed by atoms with Crippen LogP contribution in [0.4, 0.5) is 0 Å². The van der Waals surface area contributed by atoms with Gasteiger partial charge in [0.05, 0.1) is 7.11 Å². The topological polar surface area (TPSA) is 79.5 Å². The molecule has 6 nitrogen and oxygen atoms in total. The first kappa shape index (κ1) is 14.3. The molecule has 1 aromatic carbocycles. The average Bonchev–Trinajstić information content (AvgIpc) is 3.08. The normalized spacial score (nSPS) is 16.3. The molecule has 2 amide bonds. The molecule has 1 aromatic heterocycles. The fourth-order valence-electron chi connectivity index (χ4n) is 2.87. The van der Waals surface area contributed by atoms with Gasteiger partial charge in [0.2, 0.25) is 11.8 Å². The Bertz CT molecular complexity index is 733. The molecular weight excluding hydrogens is 284 g/mol. The Labute approximate surface area is 127 Å². The Hall–Kier alpha value is -2.63. The molecule has 1 aliphatic rings. The summed E-state index contributed by atoms with van der Waals surface area (Å²) in [5.41, 5.74) is 1.82. The Morgan fingerprint density at radius 3 is 2.64 bits per heavy atom. The van der Waals surface area contributed by atoms with Crippen LogP contribution in [0.25, 0.3) is 10.9 Å². The molecule has 3 rings (SSSR count). The van der Waals surface area contributed by atoms with Crippen molar-refractivity contribution in [3.8, 4) is 0 Å². The van der Waals surface area contributed by atoms with Crippen molar-refractivity contribution < 1.29 is 19.1 Å². The lowest BCUT2D eigenvalue weighted by atomic mass is 10.0. The first-order chi connectivity index (χ1) is 10.6. The molecule has 1 atom stereocenters. The molecule has 6 heteroatoms. The fourth-order valence-corrected chi connectivity index (χ4v) is 2.87. The van der Waals surface area contributed by atoms with Crippen molar-refractivity contribution in [3.63, 3.8) is 0 Å². The maximum absolute atomic E-state index is 12.1. The lowest BCUT2D eigenvalue weighted by Gasteiger charge is -2.23. The summed E-state index contributed by atoms with van der Waals surface area (Å²) in [6.07, 6.45) is 2.35. The number of carbonyl (C=O) groups excluding carboxylic acids is 3. The Morgan fingerprint density at radius 1 is 1.27 bits per heavy atom. The maximum Gasteiger partial charge on any atom is 0.329 e. The van der Waals surface area contributed by atoms with Crippen LogP contribution < -0.4 is 0 Å². The Morgan fingerprint density at radius 2 is 1.95 bits per heavy atom. The smallest absolute Gasteiger partial charge is 0.329 e. The molecule has 114 valence electrons. The average molecular weight is 300 g/mol. The van der Waals surface area contributed by atoms with E-state index in [0.717, 1.165) is 21.4 Å². The second kappa shape index (κ2) is 5.63. The van der Waals surface area contributed by atoms with Crippen molar-refractivity contribution >= 4 is 28.7 Å². The van der Waals surface area contributed by atoms with E-state index in [2.05, 4.69) is 4.98 Å². The third-order valence-electron chi connectivity index (χ3n) is 3.96. The van der Waals surface area contributed by atoms with Crippen molar-refractivity contribution in [2.24, 2.45) is 0 Å². The number of aromatic amines is 1. The number of ether oxygens (including phenoxy) is 1. The first-order valence-electron chi connectivity index (χ1n) is 7.09. The Balaban J connectivity index is 1.95. The summed E-state index contributed by atoms with van der Waals surface area (Å²) in [6.45, 7) is 0. The van der Waals surface area contributed by atoms with Crippen molar-refractivity contribution in [1.29, 1.82) is 0 Å². The van der Waals surface area contributed by atoms with Crippen molar-refractivity contribution in [2.45, 2.75) is 25.3 Å². The lowest BCUT2D eigenvalue weighted by Crippen LogP contribution is -2.46. The van der Waals surface area contributed by atoms with Gasteiger partial charge in [-0.05, 0) is 11.6 Å². The highest BCUT2D eigenvalue weighted by atomic mass is 16.5. The second-order valence-electron chi connectivity index (χ2n) is 5.26. The molecule has 0 saturated carbocycles. The zero-order valence-electron chi connectivity index (χ0n) is 12.2. The van der Waals surface area contributed by atoms with Gasteiger partial charge in [-0.25, -0.2) is 4.79 Å². The van der Waals surface area contributed by atoms with Gasteiger partial charge in [-0.2, -0.15) is 0 Å². The number of aromatic nitrogens is 1. The number of carbonyl (C=O) groups is 3. The number of hydrogen-bond donors (Lipinski definition) is 1. The number of imide groups is 1. The van der Waals surface area contributed by atoms with Gasteiger partial charge in [0.1, 0.15) is 6.04 Å². The molecule has 1 saturated heterocycles. The summed E-state index contributed by atoms with van der Waals surface area (Å²) < 4.78 is 4.79. The van der Waals surface area contributed by atoms with E-state index in [4.69, 9.17) is 4.74 Å². The number of amides is 2. The van der Waals surface area contributed by atoms with E-state index >= 15 is 0 Å². The number of nitrogens with one attached hydrogen (secondary N) is 1. The second-order valence-corrected chi connectivity index (χ2v) is 5.26. The zero-order valence-corrected chi connectivity index (χ0v) is 12.2. The molecule has 0 bridgehead atoms. The van der Waals surface area contributed by atoms with Crippen LogP contribution in [0.1, 0.15) is 18.4 Å². The summed E-state index contributed by atoms with van der Waals surface area (Å²) in [4.78, 5) is 40.1. The van der Waals surface area contributed by atoms with Crippen LogP contribution in [0.2, 0.25) is 0 Å². The summed E-state index contributed by atoms with van der Waals surface area (Å²) in [5.74, 6) is -1.21. The number of rotatable bonds is 4. The van der Waals surface area contributed by atoms with Gasteiger partial charge < -0.3 is 9.72 Å².